The number of aromatic nitrogens is 4. The van der Waals surface area contributed by atoms with Gasteiger partial charge >= 0.3 is 17.8 Å². The maximum atomic E-state index is 14.9. The van der Waals surface area contributed by atoms with Crippen LogP contribution in [0.25, 0.3) is 16.7 Å². The van der Waals surface area contributed by atoms with Crippen molar-refractivity contribution in [3.8, 4) is 5.82 Å². The van der Waals surface area contributed by atoms with Gasteiger partial charge in [0.2, 0.25) is 0 Å². The minimum Gasteiger partial charge on any atom is -0.480 e. The number of carboxylic acid groups (broad SMARTS) is 1. The lowest BCUT2D eigenvalue weighted by atomic mass is 10.0. The molecule has 3 aromatic heterocycles. The zero-order valence-electron chi connectivity index (χ0n) is 25.1. The van der Waals surface area contributed by atoms with Crippen molar-refractivity contribution in [2.75, 3.05) is 5.32 Å². The van der Waals surface area contributed by atoms with E-state index in [1.165, 1.54) is 68.3 Å². The number of pyridine rings is 2. The number of nitrogens with zero attached hydrogens (tertiary/aromatic N) is 4. The van der Waals surface area contributed by atoms with Crippen LogP contribution < -0.4 is 21.9 Å². The summed E-state index contributed by atoms with van der Waals surface area (Å²) in [6.07, 6.45) is -1.16. The van der Waals surface area contributed by atoms with Gasteiger partial charge in [-0.3, -0.25) is 19.1 Å². The Kier molecular flexibility index (Phi) is 10.8. The molecule has 11 nitrogen and oxygen atoms in total. The number of hydrogen-bond donors (Lipinski definition) is 3. The molecule has 0 bridgehead atoms. The Labute approximate surface area is 254 Å². The number of hydrogen-bond acceptors (Lipinski definition) is 7. The van der Waals surface area contributed by atoms with Crippen molar-refractivity contribution in [2.45, 2.75) is 58.8 Å². The van der Waals surface area contributed by atoms with Crippen molar-refractivity contribution in [2.24, 2.45) is 7.05 Å². The molecule has 1 aromatic carbocycles. The van der Waals surface area contributed by atoms with Crippen molar-refractivity contribution < 1.29 is 32.3 Å². The molecule has 45 heavy (non-hydrogen) atoms. The molecule has 3 N–H and O–H groups in total. The van der Waals surface area contributed by atoms with E-state index in [1.807, 2.05) is 13.8 Å². The highest BCUT2D eigenvalue weighted by Gasteiger charge is 2.38. The van der Waals surface area contributed by atoms with Gasteiger partial charge in [0.1, 0.15) is 23.7 Å². The first-order chi connectivity index (χ1) is 21.2. The van der Waals surface area contributed by atoms with Crippen LogP contribution in [0.5, 0.6) is 0 Å². The number of carbonyl (C=O) groups excluding carboxylic acids is 1. The van der Waals surface area contributed by atoms with E-state index in [4.69, 9.17) is 0 Å². The summed E-state index contributed by atoms with van der Waals surface area (Å²) in [5, 5.41) is 14.4. The lowest BCUT2D eigenvalue weighted by molar-refractivity contribution is -0.143. The van der Waals surface area contributed by atoms with E-state index in [1.54, 1.807) is 0 Å². The average Bonchev–Trinajstić information content (AvgIpc) is 2.99. The van der Waals surface area contributed by atoms with Gasteiger partial charge in [-0.1, -0.05) is 26.8 Å². The van der Waals surface area contributed by atoms with Gasteiger partial charge in [0.05, 0.1) is 22.7 Å². The summed E-state index contributed by atoms with van der Waals surface area (Å²) in [5.41, 5.74) is -1.39. The Hall–Kier alpha value is -5.08. The molecule has 0 fully saturated rings. The van der Waals surface area contributed by atoms with Gasteiger partial charge in [0, 0.05) is 31.5 Å². The van der Waals surface area contributed by atoms with Crippen LogP contribution in [-0.4, -0.2) is 54.3 Å². The number of aryl methyl sites for hydroxylation is 2. The van der Waals surface area contributed by atoms with Gasteiger partial charge < -0.3 is 15.7 Å². The predicted molar refractivity (Wildman–Crippen MR) is 159 cm³/mol. The summed E-state index contributed by atoms with van der Waals surface area (Å²) in [7, 11) is 1.47. The summed E-state index contributed by atoms with van der Waals surface area (Å²) in [5.74, 6) is -3.68. The Balaban J connectivity index is 0.00000271. The van der Waals surface area contributed by atoms with E-state index >= 15 is 0 Å². The largest absolute Gasteiger partial charge is 0.480 e. The summed E-state index contributed by atoms with van der Waals surface area (Å²) >= 11 is 0. The number of fused-ring (bicyclic) bond motifs is 1. The third kappa shape index (κ3) is 7.53. The van der Waals surface area contributed by atoms with Crippen LogP contribution in [0.4, 0.5) is 23.2 Å². The molecule has 2 atom stereocenters. The normalized spacial score (nSPS) is 12.6. The maximum absolute atomic E-state index is 14.9. The Morgan fingerprint density at radius 2 is 1.78 bits per heavy atom. The molecule has 3 heterocycles. The Bertz CT molecular complexity index is 1800. The molecule has 0 saturated heterocycles. The predicted octanol–water partition coefficient (Wildman–Crippen LogP) is 4.13. The lowest BCUT2D eigenvalue weighted by Gasteiger charge is -2.22. The highest BCUT2D eigenvalue weighted by atomic mass is 19.4. The van der Waals surface area contributed by atoms with Gasteiger partial charge in [-0.15, -0.1) is 0 Å². The molecule has 0 aliphatic carbocycles. The first-order valence-corrected chi connectivity index (χ1v) is 13.9. The average molecular weight is 633 g/mol. The van der Waals surface area contributed by atoms with Crippen molar-refractivity contribution in [3.05, 3.63) is 92.3 Å². The minimum atomic E-state index is -4.57. The van der Waals surface area contributed by atoms with Crippen molar-refractivity contribution in [3.63, 3.8) is 0 Å². The number of amides is 1. The van der Waals surface area contributed by atoms with Gasteiger partial charge in [0.25, 0.3) is 11.5 Å². The number of anilines is 1. The molecule has 0 saturated carbocycles. The number of benzene rings is 1. The molecule has 0 radical (unpaired) electrons. The van der Waals surface area contributed by atoms with E-state index in [0.717, 1.165) is 10.6 Å². The van der Waals surface area contributed by atoms with Crippen LogP contribution in [0.15, 0.2) is 58.5 Å². The quantitative estimate of drug-likeness (QED) is 0.234. The standard InChI is InChI=1S/C28H26F4N6O5.C2H6/c1-4-21(28(30,31)32)35-16-9-14(2)23(18(29)11-16)24(39)36-19(26(41)42)10-15-5-6-22(34-12-15)38-25(40)17-7-8-33-13-20(17)37(3)27(38)43;1-2/h5-9,11-13,19,21,35H,4,10H2,1-3H3,(H,36,39)(H,41,42);1-2H3/t19-,21+;/m0./s1. The Morgan fingerprint density at radius 3 is 2.33 bits per heavy atom. The zero-order valence-corrected chi connectivity index (χ0v) is 25.1. The monoisotopic (exact) mass is 632 g/mol. The molecule has 0 aliphatic rings. The molecule has 0 spiro atoms. The second kappa shape index (κ2) is 14.1. The molecule has 0 unspecified atom stereocenters. The third-order valence-electron chi connectivity index (χ3n) is 6.81. The van der Waals surface area contributed by atoms with E-state index in [2.05, 4.69) is 20.6 Å². The second-order valence-electron chi connectivity index (χ2n) is 9.76. The first kappa shape index (κ1) is 34.4. The molecule has 0 aliphatic heterocycles. The summed E-state index contributed by atoms with van der Waals surface area (Å²) in [4.78, 5) is 58.7. The maximum Gasteiger partial charge on any atom is 0.408 e. The van der Waals surface area contributed by atoms with Crippen LogP contribution in [0.3, 0.4) is 0 Å². The molecular formula is C30H32F4N6O5. The van der Waals surface area contributed by atoms with Gasteiger partial charge in [-0.2, -0.15) is 13.2 Å². The fourth-order valence-corrected chi connectivity index (χ4v) is 4.56. The summed E-state index contributed by atoms with van der Waals surface area (Å²) in [6, 6.07) is 2.65. The van der Waals surface area contributed by atoms with E-state index in [9.17, 15) is 41.8 Å². The highest BCUT2D eigenvalue weighted by Crippen LogP contribution is 2.28. The van der Waals surface area contributed by atoms with Crippen molar-refractivity contribution in [1.82, 2.24) is 24.4 Å². The number of rotatable bonds is 9. The van der Waals surface area contributed by atoms with Crippen LogP contribution in [0.2, 0.25) is 0 Å². The lowest BCUT2D eigenvalue weighted by Crippen LogP contribution is -2.43. The molecule has 4 aromatic rings. The zero-order chi connectivity index (χ0) is 33.6. The fraction of sp³-hybridized carbons (Fsp3) is 0.333. The van der Waals surface area contributed by atoms with E-state index < -0.39 is 52.8 Å². The third-order valence-corrected chi connectivity index (χ3v) is 6.81. The minimum absolute atomic E-state index is 0.00891. The van der Waals surface area contributed by atoms with Crippen LogP contribution in [0.1, 0.15) is 48.7 Å². The molecule has 15 heteroatoms. The fourth-order valence-electron chi connectivity index (χ4n) is 4.56. The first-order valence-electron chi connectivity index (χ1n) is 13.9. The van der Waals surface area contributed by atoms with Crippen molar-refractivity contribution >= 4 is 28.5 Å². The highest BCUT2D eigenvalue weighted by molar-refractivity contribution is 5.98. The smallest absolute Gasteiger partial charge is 0.408 e. The van der Waals surface area contributed by atoms with Crippen LogP contribution in [0, 0.1) is 12.7 Å². The second-order valence-corrected chi connectivity index (χ2v) is 9.76. The number of aliphatic carboxylic acids is 1. The van der Waals surface area contributed by atoms with Gasteiger partial charge in [-0.05, 0) is 48.7 Å². The van der Waals surface area contributed by atoms with Gasteiger partial charge in [0.15, 0.2) is 0 Å². The van der Waals surface area contributed by atoms with Crippen LogP contribution in [-0.2, 0) is 18.3 Å². The summed E-state index contributed by atoms with van der Waals surface area (Å²) < 4.78 is 56.3. The molecule has 4 rings (SSSR count). The van der Waals surface area contributed by atoms with Crippen molar-refractivity contribution in [1.29, 1.82) is 0 Å². The number of halogens is 4. The number of carboxylic acids is 1. The summed E-state index contributed by atoms with van der Waals surface area (Å²) in [6.45, 7) is 6.62. The molecule has 240 valence electrons. The Morgan fingerprint density at radius 1 is 1.09 bits per heavy atom. The number of nitrogens with one attached hydrogen (secondary N) is 2. The number of alkyl halides is 3. The molecule has 1 amide bonds. The van der Waals surface area contributed by atoms with Crippen LogP contribution >= 0.6 is 0 Å². The van der Waals surface area contributed by atoms with E-state index in [-0.39, 0.29) is 35.3 Å². The number of carbonyl (C=O) groups is 2. The van der Waals surface area contributed by atoms with E-state index in [0.29, 0.717) is 11.1 Å². The topological polar surface area (TPSA) is 148 Å². The SMILES string of the molecule is CC.CC[C@@H](Nc1cc(C)c(C(=O)N[C@@H](Cc2ccc(-n3c(=O)c4ccncc4n(C)c3=O)nc2)C(=O)O)c(F)c1)C(F)(F)F. The molecular weight excluding hydrogens is 600 g/mol. The van der Waals surface area contributed by atoms with Gasteiger partial charge in [-0.25, -0.2) is 23.5 Å².